The van der Waals surface area contributed by atoms with Crippen LogP contribution in [0.25, 0.3) is 0 Å². The minimum atomic E-state index is -0.142. The number of carbonyl (C=O) groups excluding carboxylic acids is 2. The van der Waals surface area contributed by atoms with Crippen LogP contribution in [-0.2, 0) is 19.1 Å². The summed E-state index contributed by atoms with van der Waals surface area (Å²) < 4.78 is 11.8. The van der Waals surface area contributed by atoms with Crippen LogP contribution in [0.1, 0.15) is 111 Å². The Balaban J connectivity index is 1.33. The Kier molecular flexibility index (Phi) is 7.19. The van der Waals surface area contributed by atoms with E-state index >= 15 is 0 Å². The van der Waals surface area contributed by atoms with Gasteiger partial charge in [-0.3, -0.25) is 9.59 Å². The van der Waals surface area contributed by atoms with E-state index in [1.807, 2.05) is 0 Å². The molecule has 6 nitrogen and oxygen atoms in total. The first-order valence-corrected chi connectivity index (χ1v) is 14.7. The van der Waals surface area contributed by atoms with Crippen LogP contribution in [-0.4, -0.2) is 35.1 Å². The lowest BCUT2D eigenvalue weighted by molar-refractivity contribution is -0.169. The second-order valence-corrected chi connectivity index (χ2v) is 13.6. The zero-order valence-corrected chi connectivity index (χ0v) is 22.8. The van der Waals surface area contributed by atoms with Crippen LogP contribution in [0.15, 0.2) is 5.16 Å². The molecule has 0 heterocycles. The van der Waals surface area contributed by atoms with E-state index in [2.05, 4.69) is 19.0 Å². The maximum atomic E-state index is 12.3. The third-order valence-corrected chi connectivity index (χ3v) is 11.8. The molecule has 5 saturated carbocycles. The summed E-state index contributed by atoms with van der Waals surface area (Å²) in [4.78, 5) is 23.8. The van der Waals surface area contributed by atoms with Gasteiger partial charge >= 0.3 is 11.9 Å². The lowest BCUT2D eigenvalue weighted by atomic mass is 9.45. The van der Waals surface area contributed by atoms with E-state index in [1.165, 1.54) is 32.6 Å². The van der Waals surface area contributed by atoms with Gasteiger partial charge in [-0.2, -0.15) is 0 Å². The number of esters is 2. The molecular weight excluding hydrogens is 454 g/mol. The number of hydrogen-bond acceptors (Lipinski definition) is 6. The van der Waals surface area contributed by atoms with Gasteiger partial charge in [0.1, 0.15) is 12.2 Å². The Hall–Kier alpha value is -1.59. The lowest BCUT2D eigenvalue weighted by Gasteiger charge is -2.60. The van der Waals surface area contributed by atoms with E-state index in [9.17, 15) is 9.59 Å². The molecule has 1 N–H and O–H groups in total. The van der Waals surface area contributed by atoms with Crippen molar-refractivity contribution in [3.05, 3.63) is 0 Å². The molecule has 36 heavy (non-hydrogen) atoms. The standard InChI is InChI=1S/C30H47NO5/c1-18(32)35-24-11-13-29(3)22(17-24)7-10-25-26(29)12-14-30(4)27(25)16-21(28(30)36-19(2)33)15-20-5-8-23(31-34)9-6-20/h20-22,24-28,34H,5-17H2,1-4H3/t20?,21-,22-,24-,25+,26-,27-,28-,29-,30-/m0/s1. The summed E-state index contributed by atoms with van der Waals surface area (Å²) >= 11 is 0. The van der Waals surface area contributed by atoms with Crippen molar-refractivity contribution in [3.63, 3.8) is 0 Å². The van der Waals surface area contributed by atoms with Gasteiger partial charge in [0, 0.05) is 19.3 Å². The Morgan fingerprint density at radius 3 is 2.25 bits per heavy atom. The molecule has 0 aliphatic heterocycles. The molecule has 0 bridgehead atoms. The largest absolute Gasteiger partial charge is 0.463 e. The molecule has 0 aromatic rings. The zero-order valence-electron chi connectivity index (χ0n) is 22.8. The van der Waals surface area contributed by atoms with Crippen molar-refractivity contribution in [3.8, 4) is 0 Å². The summed E-state index contributed by atoms with van der Waals surface area (Å²) in [5, 5.41) is 12.6. The molecule has 5 rings (SSSR count). The van der Waals surface area contributed by atoms with Gasteiger partial charge in [-0.05, 0) is 124 Å². The number of nitrogens with zero attached hydrogens (tertiary/aromatic N) is 1. The summed E-state index contributed by atoms with van der Waals surface area (Å²) in [7, 11) is 0. The molecule has 6 heteroatoms. The van der Waals surface area contributed by atoms with Crippen LogP contribution in [0.4, 0.5) is 0 Å². The van der Waals surface area contributed by atoms with Crippen LogP contribution < -0.4 is 0 Å². The fraction of sp³-hybridized carbons (Fsp3) is 0.900. The molecule has 0 saturated heterocycles. The first kappa shape index (κ1) is 26.0. The van der Waals surface area contributed by atoms with Crippen molar-refractivity contribution in [2.24, 2.45) is 51.5 Å². The Labute approximate surface area is 216 Å². The molecule has 0 unspecified atom stereocenters. The molecule has 5 aliphatic carbocycles. The van der Waals surface area contributed by atoms with Crippen molar-refractivity contribution < 1.29 is 24.3 Å². The highest BCUT2D eigenvalue weighted by atomic mass is 16.5. The van der Waals surface area contributed by atoms with Gasteiger partial charge in [-0.25, -0.2) is 0 Å². The van der Waals surface area contributed by atoms with Gasteiger partial charge < -0.3 is 14.7 Å². The molecule has 0 radical (unpaired) electrons. The quantitative estimate of drug-likeness (QED) is 0.269. The molecule has 0 spiro atoms. The smallest absolute Gasteiger partial charge is 0.302 e. The van der Waals surface area contributed by atoms with Crippen molar-refractivity contribution in [2.75, 3.05) is 0 Å². The second-order valence-electron chi connectivity index (χ2n) is 13.6. The van der Waals surface area contributed by atoms with Crippen LogP contribution >= 0.6 is 0 Å². The fourth-order valence-corrected chi connectivity index (χ4v) is 10.1. The first-order chi connectivity index (χ1) is 17.1. The fourth-order valence-electron chi connectivity index (χ4n) is 10.1. The van der Waals surface area contributed by atoms with E-state index in [4.69, 9.17) is 14.7 Å². The highest BCUT2D eigenvalue weighted by molar-refractivity contribution is 5.84. The van der Waals surface area contributed by atoms with Gasteiger partial charge in [0.15, 0.2) is 0 Å². The zero-order chi connectivity index (χ0) is 25.7. The number of fused-ring (bicyclic) bond motifs is 5. The van der Waals surface area contributed by atoms with Crippen molar-refractivity contribution in [1.82, 2.24) is 0 Å². The van der Waals surface area contributed by atoms with Crippen LogP contribution in [0.2, 0.25) is 0 Å². The van der Waals surface area contributed by atoms with Crippen LogP contribution in [0, 0.1) is 46.3 Å². The van der Waals surface area contributed by atoms with Gasteiger partial charge in [0.05, 0.1) is 5.71 Å². The molecule has 5 aliphatic rings. The minimum absolute atomic E-state index is 0.0269. The Morgan fingerprint density at radius 1 is 0.889 bits per heavy atom. The minimum Gasteiger partial charge on any atom is -0.463 e. The van der Waals surface area contributed by atoms with Crippen LogP contribution in [0.3, 0.4) is 0 Å². The van der Waals surface area contributed by atoms with Gasteiger partial charge in [-0.15, -0.1) is 0 Å². The average Bonchev–Trinajstić information content (AvgIpc) is 3.10. The summed E-state index contributed by atoms with van der Waals surface area (Å²) in [6.45, 7) is 8.09. The van der Waals surface area contributed by atoms with E-state index < -0.39 is 0 Å². The topological polar surface area (TPSA) is 85.2 Å². The molecule has 0 amide bonds. The van der Waals surface area contributed by atoms with Gasteiger partial charge in [0.2, 0.25) is 0 Å². The maximum absolute atomic E-state index is 12.3. The number of rotatable bonds is 4. The monoisotopic (exact) mass is 501 g/mol. The average molecular weight is 502 g/mol. The predicted octanol–water partition coefficient (Wildman–Crippen LogP) is 6.53. The van der Waals surface area contributed by atoms with E-state index in [0.29, 0.717) is 35.0 Å². The molecule has 5 fully saturated rings. The third kappa shape index (κ3) is 4.60. The second kappa shape index (κ2) is 9.94. The molecule has 0 aromatic carbocycles. The third-order valence-electron chi connectivity index (χ3n) is 11.8. The summed E-state index contributed by atoms with van der Waals surface area (Å²) in [5.41, 5.74) is 1.34. The normalized spacial score (nSPS) is 46.2. The number of oxime groups is 1. The predicted molar refractivity (Wildman–Crippen MR) is 138 cm³/mol. The van der Waals surface area contributed by atoms with Crippen LogP contribution in [0.5, 0.6) is 0 Å². The molecular formula is C30H47NO5. The van der Waals surface area contributed by atoms with E-state index in [-0.39, 0.29) is 29.6 Å². The number of carbonyl (C=O) groups is 2. The number of ether oxygens (including phenoxy) is 2. The van der Waals surface area contributed by atoms with Gasteiger partial charge in [0.25, 0.3) is 0 Å². The highest BCUT2D eigenvalue weighted by Crippen LogP contribution is 2.68. The van der Waals surface area contributed by atoms with Crippen molar-refractivity contribution in [2.45, 2.75) is 123 Å². The number of hydrogen-bond donors (Lipinski definition) is 1. The highest BCUT2D eigenvalue weighted by Gasteiger charge is 2.63. The first-order valence-electron chi connectivity index (χ1n) is 14.7. The summed E-state index contributed by atoms with van der Waals surface area (Å²) in [6, 6.07) is 0. The van der Waals surface area contributed by atoms with Gasteiger partial charge in [-0.1, -0.05) is 19.0 Å². The summed E-state index contributed by atoms with van der Waals surface area (Å²) in [5.74, 6) is 3.48. The van der Waals surface area contributed by atoms with Crippen molar-refractivity contribution in [1.29, 1.82) is 0 Å². The molecule has 9 atom stereocenters. The Morgan fingerprint density at radius 2 is 1.58 bits per heavy atom. The molecule has 202 valence electrons. The molecule has 0 aromatic heterocycles. The SMILES string of the molecule is CC(=O)O[C@H]1CC[C@@]2(C)[C@@H](CC[C@@H]3[C@@H]2CC[C@@]2(C)[C@H]3C[C@H](CC3CCC(=NO)CC3)[C@@H]2OC(C)=O)C1. The summed E-state index contributed by atoms with van der Waals surface area (Å²) in [6.07, 6.45) is 14.5. The lowest BCUT2D eigenvalue weighted by Crippen LogP contribution is -2.55. The Bertz CT molecular complexity index is 877. The maximum Gasteiger partial charge on any atom is 0.302 e. The van der Waals surface area contributed by atoms with Crippen molar-refractivity contribution >= 4 is 17.7 Å². The van der Waals surface area contributed by atoms with E-state index in [0.717, 1.165) is 69.4 Å². The van der Waals surface area contributed by atoms with E-state index in [1.54, 1.807) is 6.92 Å².